The van der Waals surface area contributed by atoms with Crippen molar-refractivity contribution in [3.8, 4) is 0 Å². The van der Waals surface area contributed by atoms with Crippen LogP contribution < -0.4 is 10.6 Å². The molecule has 0 aliphatic carbocycles. The number of amides is 1. The number of hydrogen-bond acceptors (Lipinski definition) is 2. The SMILES string of the molecule is Cc1cc(Cl)cc(C(=O)NCC2NCCCC2(C)C)c1. The van der Waals surface area contributed by atoms with Crippen molar-refractivity contribution in [2.24, 2.45) is 5.41 Å². The predicted octanol–water partition coefficient (Wildman–Crippen LogP) is 3.16. The van der Waals surface area contributed by atoms with Crippen LogP contribution in [0.3, 0.4) is 0 Å². The van der Waals surface area contributed by atoms with Crippen molar-refractivity contribution in [3.63, 3.8) is 0 Å². The topological polar surface area (TPSA) is 41.1 Å². The zero-order valence-corrected chi connectivity index (χ0v) is 13.2. The smallest absolute Gasteiger partial charge is 0.251 e. The Balaban J connectivity index is 1.98. The average Bonchev–Trinajstić information content (AvgIpc) is 2.35. The molecule has 1 unspecified atom stereocenters. The zero-order chi connectivity index (χ0) is 14.8. The highest BCUT2D eigenvalue weighted by Crippen LogP contribution is 2.29. The molecule has 1 amide bonds. The van der Waals surface area contributed by atoms with Crippen LogP contribution in [0.4, 0.5) is 0 Å². The minimum atomic E-state index is -0.0567. The maximum Gasteiger partial charge on any atom is 0.251 e. The highest BCUT2D eigenvalue weighted by molar-refractivity contribution is 6.31. The number of rotatable bonds is 3. The average molecular weight is 295 g/mol. The van der Waals surface area contributed by atoms with Gasteiger partial charge in [-0.3, -0.25) is 4.79 Å². The first-order valence-electron chi connectivity index (χ1n) is 7.17. The summed E-state index contributed by atoms with van der Waals surface area (Å²) in [4.78, 5) is 12.2. The summed E-state index contributed by atoms with van der Waals surface area (Å²) in [7, 11) is 0. The molecule has 110 valence electrons. The van der Waals surface area contributed by atoms with E-state index < -0.39 is 0 Å². The Morgan fingerprint density at radius 3 is 2.85 bits per heavy atom. The van der Waals surface area contributed by atoms with E-state index in [1.54, 1.807) is 6.07 Å². The van der Waals surface area contributed by atoms with E-state index in [2.05, 4.69) is 24.5 Å². The van der Waals surface area contributed by atoms with Gasteiger partial charge < -0.3 is 10.6 Å². The molecular weight excluding hydrogens is 272 g/mol. The van der Waals surface area contributed by atoms with E-state index in [9.17, 15) is 4.79 Å². The molecule has 0 bridgehead atoms. The molecule has 0 spiro atoms. The number of carbonyl (C=O) groups excluding carboxylic acids is 1. The standard InChI is InChI=1S/C16H23ClN2O/c1-11-7-12(9-13(17)8-11)15(20)19-10-14-16(2,3)5-4-6-18-14/h7-9,14,18H,4-6,10H2,1-3H3,(H,19,20). The second kappa shape index (κ2) is 6.15. The summed E-state index contributed by atoms with van der Waals surface area (Å²) < 4.78 is 0. The molecule has 1 aliphatic rings. The van der Waals surface area contributed by atoms with Crippen LogP contribution in [0.15, 0.2) is 18.2 Å². The van der Waals surface area contributed by atoms with E-state index in [1.165, 1.54) is 12.8 Å². The highest BCUT2D eigenvalue weighted by atomic mass is 35.5. The van der Waals surface area contributed by atoms with Gasteiger partial charge in [-0.25, -0.2) is 0 Å². The van der Waals surface area contributed by atoms with Gasteiger partial charge in [0.2, 0.25) is 0 Å². The van der Waals surface area contributed by atoms with Gasteiger partial charge in [0.1, 0.15) is 0 Å². The van der Waals surface area contributed by atoms with Gasteiger partial charge in [-0.15, -0.1) is 0 Å². The number of nitrogens with one attached hydrogen (secondary N) is 2. The number of carbonyl (C=O) groups is 1. The lowest BCUT2D eigenvalue weighted by atomic mass is 9.77. The third kappa shape index (κ3) is 3.74. The van der Waals surface area contributed by atoms with Gasteiger partial charge in [0.05, 0.1) is 0 Å². The van der Waals surface area contributed by atoms with E-state index in [0.717, 1.165) is 12.1 Å². The Kier molecular flexibility index (Phi) is 4.71. The zero-order valence-electron chi connectivity index (χ0n) is 12.4. The number of hydrogen-bond donors (Lipinski definition) is 2. The molecule has 1 saturated heterocycles. The van der Waals surface area contributed by atoms with E-state index in [1.807, 2.05) is 19.1 Å². The molecule has 1 aromatic rings. The summed E-state index contributed by atoms with van der Waals surface area (Å²) in [5, 5.41) is 7.12. The van der Waals surface area contributed by atoms with E-state index in [4.69, 9.17) is 11.6 Å². The van der Waals surface area contributed by atoms with Gasteiger partial charge in [0.15, 0.2) is 0 Å². The molecule has 1 heterocycles. The van der Waals surface area contributed by atoms with Gasteiger partial charge in [0.25, 0.3) is 5.91 Å². The first kappa shape index (κ1) is 15.3. The Morgan fingerprint density at radius 1 is 1.45 bits per heavy atom. The molecule has 2 N–H and O–H groups in total. The second-order valence-corrected chi connectivity index (χ2v) is 6.76. The van der Waals surface area contributed by atoms with Crippen LogP contribution in [0.2, 0.25) is 5.02 Å². The molecule has 3 nitrogen and oxygen atoms in total. The van der Waals surface area contributed by atoms with Gasteiger partial charge in [0, 0.05) is 23.2 Å². The van der Waals surface area contributed by atoms with Crippen molar-refractivity contribution < 1.29 is 4.79 Å². The van der Waals surface area contributed by atoms with Crippen molar-refractivity contribution in [2.75, 3.05) is 13.1 Å². The largest absolute Gasteiger partial charge is 0.350 e. The Bertz CT molecular complexity index is 479. The fourth-order valence-corrected chi connectivity index (χ4v) is 3.07. The minimum absolute atomic E-state index is 0.0567. The van der Waals surface area contributed by atoms with Crippen LogP contribution in [0.1, 0.15) is 42.6 Å². The molecule has 0 saturated carbocycles. The summed E-state index contributed by atoms with van der Waals surface area (Å²) >= 11 is 6.00. The first-order valence-corrected chi connectivity index (χ1v) is 7.55. The molecule has 20 heavy (non-hydrogen) atoms. The quantitative estimate of drug-likeness (QED) is 0.899. The Labute approximate surface area is 126 Å². The monoisotopic (exact) mass is 294 g/mol. The molecule has 1 atom stereocenters. The summed E-state index contributed by atoms with van der Waals surface area (Å²) in [5.74, 6) is -0.0567. The molecule has 4 heteroatoms. The van der Waals surface area contributed by atoms with E-state index in [-0.39, 0.29) is 11.3 Å². The van der Waals surface area contributed by atoms with Crippen LogP contribution in [0, 0.1) is 12.3 Å². The number of benzene rings is 1. The Hall–Kier alpha value is -1.06. The summed E-state index contributed by atoms with van der Waals surface area (Å²) in [5.41, 5.74) is 1.85. The third-order valence-electron chi connectivity index (χ3n) is 4.10. The third-order valence-corrected chi connectivity index (χ3v) is 4.32. The summed E-state index contributed by atoms with van der Waals surface area (Å²) in [6, 6.07) is 5.74. The highest BCUT2D eigenvalue weighted by Gasteiger charge is 2.31. The first-order chi connectivity index (χ1) is 9.38. The molecule has 2 rings (SSSR count). The van der Waals surface area contributed by atoms with Crippen LogP contribution >= 0.6 is 11.6 Å². The van der Waals surface area contributed by atoms with E-state index in [0.29, 0.717) is 23.2 Å². The van der Waals surface area contributed by atoms with Crippen molar-refractivity contribution in [2.45, 2.75) is 39.7 Å². The van der Waals surface area contributed by atoms with Gasteiger partial charge in [-0.2, -0.15) is 0 Å². The fraction of sp³-hybridized carbons (Fsp3) is 0.562. The minimum Gasteiger partial charge on any atom is -0.350 e. The van der Waals surface area contributed by atoms with Gasteiger partial charge >= 0.3 is 0 Å². The molecule has 1 fully saturated rings. The van der Waals surface area contributed by atoms with Crippen LogP contribution in [-0.4, -0.2) is 25.0 Å². The van der Waals surface area contributed by atoms with Crippen molar-refractivity contribution in [3.05, 3.63) is 34.3 Å². The van der Waals surface area contributed by atoms with Crippen LogP contribution in [0.5, 0.6) is 0 Å². The van der Waals surface area contributed by atoms with Gasteiger partial charge in [-0.05, 0) is 55.5 Å². The maximum atomic E-state index is 12.2. The Morgan fingerprint density at radius 2 is 2.20 bits per heavy atom. The van der Waals surface area contributed by atoms with Crippen LogP contribution in [-0.2, 0) is 0 Å². The molecular formula is C16H23ClN2O. The summed E-state index contributed by atoms with van der Waals surface area (Å²) in [6.07, 6.45) is 2.39. The number of aryl methyl sites for hydroxylation is 1. The lowest BCUT2D eigenvalue weighted by Gasteiger charge is -2.39. The number of piperidine rings is 1. The van der Waals surface area contributed by atoms with Crippen LogP contribution in [0.25, 0.3) is 0 Å². The second-order valence-electron chi connectivity index (χ2n) is 6.33. The van der Waals surface area contributed by atoms with Gasteiger partial charge in [-0.1, -0.05) is 25.4 Å². The molecule has 0 radical (unpaired) electrons. The fourth-order valence-electron chi connectivity index (χ4n) is 2.78. The maximum absolute atomic E-state index is 12.2. The lowest BCUT2D eigenvalue weighted by molar-refractivity contribution is 0.0928. The van der Waals surface area contributed by atoms with E-state index >= 15 is 0 Å². The van der Waals surface area contributed by atoms with Crippen molar-refractivity contribution in [1.82, 2.24) is 10.6 Å². The van der Waals surface area contributed by atoms with Crippen molar-refractivity contribution >= 4 is 17.5 Å². The predicted molar refractivity (Wildman–Crippen MR) is 83.3 cm³/mol. The number of halogens is 1. The normalized spacial score (nSPS) is 21.5. The molecule has 1 aromatic carbocycles. The molecule has 0 aromatic heterocycles. The lowest BCUT2D eigenvalue weighted by Crippen LogP contribution is -2.52. The summed E-state index contributed by atoms with van der Waals surface area (Å²) in [6.45, 7) is 8.12. The van der Waals surface area contributed by atoms with Crippen molar-refractivity contribution in [1.29, 1.82) is 0 Å². The molecule has 1 aliphatic heterocycles.